The van der Waals surface area contributed by atoms with Crippen LogP contribution < -0.4 is 10.1 Å². The number of hydrogen-bond donors (Lipinski definition) is 1. The van der Waals surface area contributed by atoms with Crippen molar-refractivity contribution in [2.24, 2.45) is 5.92 Å². The summed E-state index contributed by atoms with van der Waals surface area (Å²) >= 11 is 0. The van der Waals surface area contributed by atoms with E-state index in [-0.39, 0.29) is 12.1 Å². The SMILES string of the molecule is CC(NC1C(C)OC(C)C1C)c1ccc(Oc2ccccc2)cn1. The monoisotopic (exact) mass is 326 g/mol. The van der Waals surface area contributed by atoms with E-state index in [0.717, 1.165) is 17.2 Å². The van der Waals surface area contributed by atoms with Crippen LogP contribution in [0.3, 0.4) is 0 Å². The molecule has 1 aliphatic rings. The highest BCUT2D eigenvalue weighted by molar-refractivity contribution is 5.30. The summed E-state index contributed by atoms with van der Waals surface area (Å²) in [5.74, 6) is 2.05. The lowest BCUT2D eigenvalue weighted by atomic mass is 9.96. The van der Waals surface area contributed by atoms with Crippen molar-refractivity contribution >= 4 is 0 Å². The molecule has 24 heavy (non-hydrogen) atoms. The molecule has 3 rings (SSSR count). The third-order valence-electron chi connectivity index (χ3n) is 4.87. The summed E-state index contributed by atoms with van der Waals surface area (Å²) in [5.41, 5.74) is 1.01. The van der Waals surface area contributed by atoms with E-state index in [2.05, 4.69) is 38.0 Å². The van der Waals surface area contributed by atoms with Gasteiger partial charge < -0.3 is 14.8 Å². The number of para-hydroxylation sites is 1. The molecule has 1 aromatic heterocycles. The van der Waals surface area contributed by atoms with E-state index in [4.69, 9.17) is 9.47 Å². The van der Waals surface area contributed by atoms with E-state index in [1.807, 2.05) is 42.5 Å². The van der Waals surface area contributed by atoms with Gasteiger partial charge in [-0.05, 0) is 51.0 Å². The lowest BCUT2D eigenvalue weighted by molar-refractivity contribution is 0.0535. The van der Waals surface area contributed by atoms with Crippen molar-refractivity contribution in [3.8, 4) is 11.5 Å². The second-order valence-corrected chi connectivity index (χ2v) is 6.65. The lowest BCUT2D eigenvalue weighted by Crippen LogP contribution is -2.41. The highest BCUT2D eigenvalue weighted by Crippen LogP contribution is 2.28. The number of nitrogens with zero attached hydrogens (tertiary/aromatic N) is 1. The topological polar surface area (TPSA) is 43.4 Å². The van der Waals surface area contributed by atoms with Crippen molar-refractivity contribution in [2.75, 3.05) is 0 Å². The van der Waals surface area contributed by atoms with Crippen LogP contribution in [0.2, 0.25) is 0 Å². The Labute approximate surface area is 144 Å². The molecule has 0 spiro atoms. The number of rotatable bonds is 5. The first kappa shape index (κ1) is 16.9. The van der Waals surface area contributed by atoms with Crippen molar-refractivity contribution in [3.63, 3.8) is 0 Å². The van der Waals surface area contributed by atoms with Crippen LogP contribution in [0, 0.1) is 5.92 Å². The van der Waals surface area contributed by atoms with Gasteiger partial charge in [0.1, 0.15) is 11.5 Å². The molecule has 1 aromatic carbocycles. The van der Waals surface area contributed by atoms with Crippen molar-refractivity contribution in [3.05, 3.63) is 54.4 Å². The maximum atomic E-state index is 5.91. The van der Waals surface area contributed by atoms with Gasteiger partial charge in [-0.15, -0.1) is 0 Å². The van der Waals surface area contributed by atoms with E-state index in [0.29, 0.717) is 18.1 Å². The van der Waals surface area contributed by atoms with Crippen LogP contribution in [0.1, 0.15) is 39.4 Å². The molecule has 0 amide bonds. The average Bonchev–Trinajstić information content (AvgIpc) is 2.83. The minimum Gasteiger partial charge on any atom is -0.456 e. The van der Waals surface area contributed by atoms with Crippen molar-refractivity contribution in [1.29, 1.82) is 0 Å². The Balaban J connectivity index is 1.63. The fourth-order valence-electron chi connectivity index (χ4n) is 3.26. The number of aromatic nitrogens is 1. The van der Waals surface area contributed by atoms with Gasteiger partial charge in [0.05, 0.1) is 24.1 Å². The molecule has 2 aromatic rings. The Morgan fingerprint density at radius 2 is 1.75 bits per heavy atom. The van der Waals surface area contributed by atoms with Gasteiger partial charge in [0.25, 0.3) is 0 Å². The van der Waals surface area contributed by atoms with Crippen LogP contribution in [0.4, 0.5) is 0 Å². The maximum absolute atomic E-state index is 5.91. The molecule has 4 heteroatoms. The Hall–Kier alpha value is -1.91. The van der Waals surface area contributed by atoms with Gasteiger partial charge in [0.15, 0.2) is 0 Å². The van der Waals surface area contributed by atoms with Crippen LogP contribution in [0.25, 0.3) is 0 Å². The summed E-state index contributed by atoms with van der Waals surface area (Å²) in [6.07, 6.45) is 2.29. The first-order chi connectivity index (χ1) is 11.5. The first-order valence-electron chi connectivity index (χ1n) is 8.65. The molecule has 1 saturated heterocycles. The molecule has 0 bridgehead atoms. The lowest BCUT2D eigenvalue weighted by Gasteiger charge is -2.24. The van der Waals surface area contributed by atoms with Crippen molar-refractivity contribution in [1.82, 2.24) is 10.3 Å². The maximum Gasteiger partial charge on any atom is 0.145 e. The largest absolute Gasteiger partial charge is 0.456 e. The van der Waals surface area contributed by atoms with Crippen molar-refractivity contribution in [2.45, 2.75) is 52.0 Å². The van der Waals surface area contributed by atoms with Crippen LogP contribution in [-0.4, -0.2) is 23.2 Å². The number of nitrogens with one attached hydrogen (secondary N) is 1. The molecule has 5 unspecified atom stereocenters. The molecule has 4 nitrogen and oxygen atoms in total. The highest BCUT2D eigenvalue weighted by Gasteiger charge is 2.37. The summed E-state index contributed by atoms with van der Waals surface area (Å²) in [6.45, 7) is 8.65. The van der Waals surface area contributed by atoms with E-state index < -0.39 is 0 Å². The van der Waals surface area contributed by atoms with Gasteiger partial charge in [-0.2, -0.15) is 0 Å². The predicted octanol–water partition coefficient (Wildman–Crippen LogP) is 4.34. The normalized spacial score (nSPS) is 27.8. The molecule has 0 saturated carbocycles. The third-order valence-corrected chi connectivity index (χ3v) is 4.87. The summed E-state index contributed by atoms with van der Waals surface area (Å²) < 4.78 is 11.7. The van der Waals surface area contributed by atoms with Crippen LogP contribution in [-0.2, 0) is 4.74 Å². The molecule has 1 fully saturated rings. The summed E-state index contributed by atoms with van der Waals surface area (Å²) in [5, 5.41) is 3.67. The molecule has 0 radical (unpaired) electrons. The zero-order chi connectivity index (χ0) is 17.1. The van der Waals surface area contributed by atoms with Gasteiger partial charge in [-0.1, -0.05) is 25.1 Å². The molecule has 1 aliphatic heterocycles. The van der Waals surface area contributed by atoms with E-state index in [9.17, 15) is 0 Å². The zero-order valence-electron chi connectivity index (χ0n) is 14.8. The van der Waals surface area contributed by atoms with E-state index >= 15 is 0 Å². The van der Waals surface area contributed by atoms with Crippen LogP contribution in [0.15, 0.2) is 48.7 Å². The van der Waals surface area contributed by atoms with Gasteiger partial charge in [0.2, 0.25) is 0 Å². The molecular formula is C20H26N2O2. The predicted molar refractivity (Wildman–Crippen MR) is 95.3 cm³/mol. The number of benzene rings is 1. The third kappa shape index (κ3) is 3.77. The Morgan fingerprint density at radius 3 is 2.33 bits per heavy atom. The fourth-order valence-corrected chi connectivity index (χ4v) is 3.26. The Morgan fingerprint density at radius 1 is 1.00 bits per heavy atom. The van der Waals surface area contributed by atoms with Crippen LogP contribution >= 0.6 is 0 Å². The number of pyridine rings is 1. The highest BCUT2D eigenvalue weighted by atomic mass is 16.5. The molecule has 0 aliphatic carbocycles. The van der Waals surface area contributed by atoms with Crippen molar-refractivity contribution < 1.29 is 9.47 Å². The number of hydrogen-bond acceptors (Lipinski definition) is 4. The second kappa shape index (κ2) is 7.32. The average molecular weight is 326 g/mol. The first-order valence-corrected chi connectivity index (χ1v) is 8.65. The molecule has 5 atom stereocenters. The zero-order valence-corrected chi connectivity index (χ0v) is 14.8. The summed E-state index contributed by atoms with van der Waals surface area (Å²) in [4.78, 5) is 4.56. The standard InChI is InChI=1S/C20H26N2O2/c1-13-15(3)23-16(4)20(13)22-14(2)19-11-10-18(12-21-19)24-17-8-6-5-7-9-17/h5-16,20,22H,1-4H3. The van der Waals surface area contributed by atoms with Gasteiger partial charge in [-0.3, -0.25) is 4.98 Å². The van der Waals surface area contributed by atoms with Gasteiger partial charge >= 0.3 is 0 Å². The van der Waals surface area contributed by atoms with Gasteiger partial charge in [0, 0.05) is 12.1 Å². The summed E-state index contributed by atoms with van der Waals surface area (Å²) in [7, 11) is 0. The fraction of sp³-hybridized carbons (Fsp3) is 0.450. The van der Waals surface area contributed by atoms with Crippen LogP contribution in [0.5, 0.6) is 11.5 Å². The molecular weight excluding hydrogens is 300 g/mol. The van der Waals surface area contributed by atoms with E-state index in [1.54, 1.807) is 6.20 Å². The minimum atomic E-state index is 0.166. The Kier molecular flexibility index (Phi) is 5.17. The minimum absolute atomic E-state index is 0.166. The quantitative estimate of drug-likeness (QED) is 0.888. The molecule has 128 valence electrons. The van der Waals surface area contributed by atoms with E-state index in [1.165, 1.54) is 0 Å². The Bertz CT molecular complexity index is 644. The smallest absolute Gasteiger partial charge is 0.145 e. The molecule has 1 N–H and O–H groups in total. The second-order valence-electron chi connectivity index (χ2n) is 6.65. The number of ether oxygens (including phenoxy) is 2. The van der Waals surface area contributed by atoms with Gasteiger partial charge in [-0.25, -0.2) is 0 Å². The summed E-state index contributed by atoms with van der Waals surface area (Å²) in [6, 6.07) is 14.2. The molecule has 2 heterocycles.